The van der Waals surface area contributed by atoms with Gasteiger partial charge in [-0.05, 0) is 43.9 Å². The van der Waals surface area contributed by atoms with Crippen LogP contribution in [0.15, 0.2) is 0 Å². The van der Waals surface area contributed by atoms with Crippen LogP contribution in [0, 0.1) is 23.7 Å². The molecule has 0 aromatic heterocycles. The quantitative estimate of drug-likeness (QED) is 0.0408. The second kappa shape index (κ2) is 24.7. The normalized spacial score (nSPS) is 17.0. The van der Waals surface area contributed by atoms with Crippen LogP contribution in [-0.4, -0.2) is 109 Å². The second-order valence-electron chi connectivity index (χ2n) is 13.0. The summed E-state index contributed by atoms with van der Waals surface area (Å²) >= 11 is 0. The van der Waals surface area contributed by atoms with E-state index in [1.165, 1.54) is 0 Å². The van der Waals surface area contributed by atoms with Gasteiger partial charge in [0.2, 0.25) is 0 Å². The number of ether oxygens (including phenoxy) is 2. The minimum absolute atomic E-state index is 0.0222. The maximum Gasteiger partial charge on any atom is 0.307 e. The molecule has 0 radical (unpaired) electrons. The van der Waals surface area contributed by atoms with Crippen LogP contribution in [0.1, 0.15) is 111 Å². The zero-order chi connectivity index (χ0) is 37.7. The topological polar surface area (TPSA) is 289 Å². The van der Waals surface area contributed by atoms with E-state index in [4.69, 9.17) is 25.4 Å². The molecule has 9 atom stereocenters. The number of carboxylic acids is 4. The summed E-state index contributed by atoms with van der Waals surface area (Å²) in [4.78, 5) is 71.7. The monoisotopic (exact) mass is 707 g/mol. The molecule has 0 aromatic carbocycles. The Balaban J connectivity index is 6.12. The average molecular weight is 708 g/mol. The van der Waals surface area contributed by atoms with Crippen LogP contribution in [0.25, 0.3) is 0 Å². The number of aliphatic hydroxyl groups excluding tert-OH is 3. The van der Waals surface area contributed by atoms with E-state index in [0.29, 0.717) is 32.1 Å². The Morgan fingerprint density at radius 3 is 1.59 bits per heavy atom. The van der Waals surface area contributed by atoms with Crippen molar-refractivity contribution in [2.45, 2.75) is 141 Å². The zero-order valence-corrected chi connectivity index (χ0v) is 28.8. The van der Waals surface area contributed by atoms with E-state index in [0.717, 1.165) is 12.8 Å². The van der Waals surface area contributed by atoms with Gasteiger partial charge in [-0.3, -0.25) is 28.8 Å². The van der Waals surface area contributed by atoms with Gasteiger partial charge in [0.25, 0.3) is 0 Å². The molecule has 0 heterocycles. The molecule has 0 rings (SSSR count). The van der Waals surface area contributed by atoms with Crippen molar-refractivity contribution in [1.82, 2.24) is 0 Å². The van der Waals surface area contributed by atoms with Crippen molar-refractivity contribution < 1.29 is 74.0 Å². The molecule has 0 amide bonds. The van der Waals surface area contributed by atoms with Crippen molar-refractivity contribution in [1.29, 1.82) is 0 Å². The van der Waals surface area contributed by atoms with Crippen molar-refractivity contribution in [2.75, 3.05) is 6.54 Å². The summed E-state index contributed by atoms with van der Waals surface area (Å²) in [5.74, 6) is -12.0. The van der Waals surface area contributed by atoms with Crippen molar-refractivity contribution >= 4 is 35.8 Å². The van der Waals surface area contributed by atoms with Crippen molar-refractivity contribution in [2.24, 2.45) is 29.4 Å². The number of esters is 2. The first-order chi connectivity index (χ1) is 22.9. The Morgan fingerprint density at radius 2 is 1.12 bits per heavy atom. The van der Waals surface area contributed by atoms with Crippen molar-refractivity contribution in [3.63, 3.8) is 0 Å². The van der Waals surface area contributed by atoms with E-state index in [1.807, 2.05) is 6.92 Å². The molecule has 49 heavy (non-hydrogen) atoms. The van der Waals surface area contributed by atoms with Crippen LogP contribution < -0.4 is 5.73 Å². The number of unbranched alkanes of at least 4 members (excludes halogenated alkanes) is 3. The van der Waals surface area contributed by atoms with Crippen LogP contribution in [0.4, 0.5) is 0 Å². The highest BCUT2D eigenvalue weighted by molar-refractivity contribution is 5.83. The van der Waals surface area contributed by atoms with E-state index >= 15 is 0 Å². The summed E-state index contributed by atoms with van der Waals surface area (Å²) in [6, 6.07) is 0. The SMILES string of the molecule is CCCCC[C@@H](C)[C@@H](OC(=O)CC(CC(=O)O)C(=O)O)[C@H](C[C@@H](C)C[C@H](O)CCCC[C@H](O)[C@H](O)CN)OC(=O)CC(CC(=O)O)C(=O)O. The molecule has 2 unspecified atom stereocenters. The Bertz CT molecular complexity index is 1040. The highest BCUT2D eigenvalue weighted by atomic mass is 16.6. The van der Waals surface area contributed by atoms with E-state index in [9.17, 15) is 54.3 Å². The first kappa shape index (κ1) is 45.7. The van der Waals surface area contributed by atoms with Crippen LogP contribution in [0.5, 0.6) is 0 Å². The number of rotatable bonds is 29. The summed E-state index contributed by atoms with van der Waals surface area (Å²) in [5.41, 5.74) is 5.35. The molecule has 0 bridgehead atoms. The van der Waals surface area contributed by atoms with Gasteiger partial charge in [-0.25, -0.2) is 0 Å². The van der Waals surface area contributed by atoms with Gasteiger partial charge in [0.15, 0.2) is 0 Å². The third-order valence-corrected chi connectivity index (χ3v) is 8.39. The molecule has 16 heteroatoms. The predicted octanol–water partition coefficient (Wildman–Crippen LogP) is 2.18. The van der Waals surface area contributed by atoms with Gasteiger partial charge in [-0.2, -0.15) is 0 Å². The maximum atomic E-state index is 13.1. The molecule has 0 aliphatic rings. The number of carbonyl (C=O) groups is 6. The molecule has 0 spiro atoms. The van der Waals surface area contributed by atoms with E-state index in [1.54, 1.807) is 13.8 Å². The highest BCUT2D eigenvalue weighted by Gasteiger charge is 2.37. The van der Waals surface area contributed by atoms with E-state index in [2.05, 4.69) is 0 Å². The lowest BCUT2D eigenvalue weighted by Crippen LogP contribution is -2.42. The predicted molar refractivity (Wildman–Crippen MR) is 173 cm³/mol. The Morgan fingerprint density at radius 1 is 0.633 bits per heavy atom. The smallest absolute Gasteiger partial charge is 0.307 e. The second-order valence-corrected chi connectivity index (χ2v) is 13.0. The molecular weight excluding hydrogens is 650 g/mol. The van der Waals surface area contributed by atoms with Crippen molar-refractivity contribution in [3.05, 3.63) is 0 Å². The van der Waals surface area contributed by atoms with Gasteiger partial charge in [0, 0.05) is 6.54 Å². The van der Waals surface area contributed by atoms with Gasteiger partial charge in [0.1, 0.15) is 12.2 Å². The molecule has 0 saturated carbocycles. The van der Waals surface area contributed by atoms with Crippen LogP contribution >= 0.6 is 0 Å². The first-order valence-electron chi connectivity index (χ1n) is 16.9. The maximum absolute atomic E-state index is 13.1. The summed E-state index contributed by atoms with van der Waals surface area (Å²) in [6.45, 7) is 5.39. The molecule has 0 aliphatic heterocycles. The molecule has 0 saturated heterocycles. The Hall–Kier alpha value is -3.34. The van der Waals surface area contributed by atoms with Gasteiger partial charge in [-0.1, -0.05) is 52.9 Å². The van der Waals surface area contributed by atoms with Crippen molar-refractivity contribution in [3.8, 4) is 0 Å². The number of hydrogen-bond donors (Lipinski definition) is 8. The standard InChI is InChI=1S/C33H57NO15/c1-4-5-6-9-20(3)31(49-30(43)17-22(33(46)47)15-28(40)41)26(48-29(42)16-21(32(44)45)14-27(38)39)13-19(2)12-23(35)10-7-8-11-24(36)25(37)18-34/h19-26,31,35-37H,4-18,34H2,1-3H3,(H,38,39)(H,40,41)(H,44,45)(H,46,47)/t19-,20+,21?,22?,23+,24-,25+,26-,31+/m0/s1. The third-order valence-electron chi connectivity index (χ3n) is 8.39. The van der Waals surface area contributed by atoms with Gasteiger partial charge in [-0.15, -0.1) is 0 Å². The highest BCUT2D eigenvalue weighted by Crippen LogP contribution is 2.29. The summed E-state index contributed by atoms with van der Waals surface area (Å²) in [6.07, 6.45) is -3.64. The Kier molecular flexibility index (Phi) is 23.1. The lowest BCUT2D eigenvalue weighted by atomic mass is 9.87. The van der Waals surface area contributed by atoms with Gasteiger partial charge in [0.05, 0.1) is 55.8 Å². The molecule has 0 fully saturated rings. The molecule has 284 valence electrons. The van der Waals surface area contributed by atoms with Crippen LogP contribution in [0.2, 0.25) is 0 Å². The number of nitrogens with two attached hydrogens (primary N) is 1. The largest absolute Gasteiger partial charge is 0.481 e. The van der Waals surface area contributed by atoms with Crippen LogP contribution in [0.3, 0.4) is 0 Å². The number of aliphatic hydroxyl groups is 3. The fourth-order valence-corrected chi connectivity index (χ4v) is 5.58. The number of hydrogen-bond acceptors (Lipinski definition) is 12. The molecular formula is C33H57NO15. The molecule has 16 nitrogen and oxygen atoms in total. The average Bonchev–Trinajstić information content (AvgIpc) is 2.99. The number of carboxylic acid groups (broad SMARTS) is 4. The summed E-state index contributed by atoms with van der Waals surface area (Å²) in [5, 5.41) is 67.3. The zero-order valence-electron chi connectivity index (χ0n) is 28.8. The third kappa shape index (κ3) is 20.7. The number of carbonyl (C=O) groups excluding carboxylic acids is 2. The minimum atomic E-state index is -1.59. The lowest BCUT2D eigenvalue weighted by Gasteiger charge is -2.33. The fourth-order valence-electron chi connectivity index (χ4n) is 5.58. The van der Waals surface area contributed by atoms with Crippen LogP contribution in [-0.2, 0) is 38.2 Å². The summed E-state index contributed by atoms with van der Waals surface area (Å²) in [7, 11) is 0. The van der Waals surface area contributed by atoms with Gasteiger partial charge < -0.3 is 51.0 Å². The number of aliphatic carboxylic acids is 4. The van der Waals surface area contributed by atoms with E-state index in [-0.39, 0.29) is 31.7 Å². The first-order valence-corrected chi connectivity index (χ1v) is 16.9. The molecule has 9 N–H and O–H groups in total. The lowest BCUT2D eigenvalue weighted by molar-refractivity contribution is -0.177. The Labute approximate surface area is 287 Å². The van der Waals surface area contributed by atoms with E-state index < -0.39 is 110 Å². The molecule has 0 aromatic rings. The minimum Gasteiger partial charge on any atom is -0.481 e. The summed E-state index contributed by atoms with van der Waals surface area (Å²) < 4.78 is 11.4. The van der Waals surface area contributed by atoms with Gasteiger partial charge >= 0.3 is 35.8 Å². The fraction of sp³-hybridized carbons (Fsp3) is 0.818. The molecule has 0 aliphatic carbocycles.